The normalized spacial score (nSPS) is 14.7. The van der Waals surface area contributed by atoms with E-state index in [1.165, 1.54) is 5.56 Å². The number of hydrogen-bond acceptors (Lipinski definition) is 7. The zero-order valence-corrected chi connectivity index (χ0v) is 22.1. The average molecular weight is 552 g/mol. The molecule has 0 aliphatic carbocycles. The maximum atomic E-state index is 12.2. The van der Waals surface area contributed by atoms with Gasteiger partial charge in [-0.05, 0) is 53.9 Å². The number of aryl methyl sites for hydroxylation is 1. The van der Waals surface area contributed by atoms with E-state index in [-0.39, 0.29) is 5.91 Å². The Labute approximate surface area is 218 Å². The number of halogens is 1. The Kier molecular flexibility index (Phi) is 7.17. The van der Waals surface area contributed by atoms with Crippen molar-refractivity contribution in [3.63, 3.8) is 0 Å². The second kappa shape index (κ2) is 10.5. The van der Waals surface area contributed by atoms with Gasteiger partial charge in [-0.1, -0.05) is 11.6 Å². The predicted molar refractivity (Wildman–Crippen MR) is 144 cm³/mol. The first-order valence-electron chi connectivity index (χ1n) is 12.1. The molecule has 0 atom stereocenters. The predicted octanol–water partition coefficient (Wildman–Crippen LogP) is 3.71. The lowest BCUT2D eigenvalue weighted by molar-refractivity contribution is -0.133. The number of anilines is 1. The second-order valence-corrected chi connectivity index (χ2v) is 10.0. The minimum absolute atomic E-state index is 0.157. The van der Waals surface area contributed by atoms with E-state index in [1.807, 2.05) is 17.2 Å². The summed E-state index contributed by atoms with van der Waals surface area (Å²) in [5.41, 5.74) is 11.9. The number of aromatic nitrogens is 4. The van der Waals surface area contributed by atoms with E-state index in [0.717, 1.165) is 58.1 Å². The zero-order valence-electron chi connectivity index (χ0n) is 20.5. The smallest absolute Gasteiger partial charge is 0.224 e. The molecule has 5 rings (SSSR count). The SMILES string of the molecule is COCCC(=O)N1CCC(NCc2nc3c(-c4cnc5ccc(C)cc5c4)cnn3c(N)c2Br)CC1. The minimum Gasteiger partial charge on any atom is -0.384 e. The van der Waals surface area contributed by atoms with Gasteiger partial charge in [0, 0.05) is 55.5 Å². The highest BCUT2D eigenvalue weighted by atomic mass is 79.9. The topological polar surface area (TPSA) is 111 Å². The lowest BCUT2D eigenvalue weighted by Crippen LogP contribution is -2.45. The summed E-state index contributed by atoms with van der Waals surface area (Å²) < 4.78 is 7.42. The van der Waals surface area contributed by atoms with Crippen LogP contribution in [0.4, 0.5) is 5.82 Å². The lowest BCUT2D eigenvalue weighted by Gasteiger charge is -2.32. The van der Waals surface area contributed by atoms with E-state index < -0.39 is 0 Å². The molecule has 0 unspecified atom stereocenters. The van der Waals surface area contributed by atoms with Crippen LogP contribution in [-0.2, 0) is 16.1 Å². The quantitative estimate of drug-likeness (QED) is 0.360. The van der Waals surface area contributed by atoms with Crippen molar-refractivity contribution >= 4 is 44.2 Å². The summed E-state index contributed by atoms with van der Waals surface area (Å²) >= 11 is 3.62. The highest BCUT2D eigenvalue weighted by Crippen LogP contribution is 2.31. The Balaban J connectivity index is 1.34. The van der Waals surface area contributed by atoms with Gasteiger partial charge in [-0.15, -0.1) is 0 Å². The summed E-state index contributed by atoms with van der Waals surface area (Å²) in [6, 6.07) is 8.64. The fourth-order valence-electron chi connectivity index (χ4n) is 4.68. The molecule has 1 aliphatic rings. The van der Waals surface area contributed by atoms with Gasteiger partial charge >= 0.3 is 0 Å². The van der Waals surface area contributed by atoms with Crippen molar-refractivity contribution in [2.75, 3.05) is 32.5 Å². The van der Waals surface area contributed by atoms with E-state index in [0.29, 0.717) is 37.1 Å². The van der Waals surface area contributed by atoms with Crippen LogP contribution in [0.15, 0.2) is 41.1 Å². The van der Waals surface area contributed by atoms with Gasteiger partial charge in [-0.2, -0.15) is 9.61 Å². The van der Waals surface area contributed by atoms with Gasteiger partial charge in [0.2, 0.25) is 5.91 Å². The summed E-state index contributed by atoms with van der Waals surface area (Å²) in [5, 5.41) is 9.17. The Morgan fingerprint density at radius 2 is 2.06 bits per heavy atom. The van der Waals surface area contributed by atoms with Crippen LogP contribution in [0.3, 0.4) is 0 Å². The third kappa shape index (κ3) is 4.93. The minimum atomic E-state index is 0.157. The summed E-state index contributed by atoms with van der Waals surface area (Å²) in [6.45, 7) is 4.59. The first-order chi connectivity index (χ1) is 17.4. The van der Waals surface area contributed by atoms with Crippen molar-refractivity contribution < 1.29 is 9.53 Å². The summed E-state index contributed by atoms with van der Waals surface area (Å²) in [4.78, 5) is 23.7. The van der Waals surface area contributed by atoms with Crippen LogP contribution in [0.2, 0.25) is 0 Å². The number of nitrogens with two attached hydrogens (primary N) is 1. The molecule has 3 N–H and O–H groups in total. The van der Waals surface area contributed by atoms with Gasteiger partial charge in [0.25, 0.3) is 0 Å². The number of carbonyl (C=O) groups excluding carboxylic acids is 1. The third-order valence-electron chi connectivity index (χ3n) is 6.76. The molecule has 9 nitrogen and oxygen atoms in total. The van der Waals surface area contributed by atoms with Crippen molar-refractivity contribution in [3.05, 3.63) is 52.4 Å². The molecule has 3 aromatic heterocycles. The fourth-order valence-corrected chi connectivity index (χ4v) is 5.08. The van der Waals surface area contributed by atoms with E-state index >= 15 is 0 Å². The van der Waals surface area contributed by atoms with Crippen LogP contribution >= 0.6 is 15.9 Å². The van der Waals surface area contributed by atoms with E-state index in [4.69, 9.17) is 15.5 Å². The van der Waals surface area contributed by atoms with Crippen molar-refractivity contribution in [2.45, 2.75) is 38.8 Å². The number of nitrogens with zero attached hydrogens (tertiary/aromatic N) is 5. The van der Waals surface area contributed by atoms with Gasteiger partial charge in [0.05, 0.1) is 34.9 Å². The maximum Gasteiger partial charge on any atom is 0.224 e. The van der Waals surface area contributed by atoms with Crippen molar-refractivity contribution in [1.29, 1.82) is 0 Å². The Hall–Kier alpha value is -3.08. The molecule has 4 aromatic rings. The zero-order chi connectivity index (χ0) is 25.2. The number of benzene rings is 1. The highest BCUT2D eigenvalue weighted by Gasteiger charge is 2.23. The van der Waals surface area contributed by atoms with Crippen molar-refractivity contribution in [2.24, 2.45) is 0 Å². The summed E-state index contributed by atoms with van der Waals surface area (Å²) in [7, 11) is 1.62. The van der Waals surface area contributed by atoms with Crippen LogP contribution in [-0.4, -0.2) is 63.2 Å². The Morgan fingerprint density at radius 3 is 2.83 bits per heavy atom. The average Bonchev–Trinajstić information content (AvgIpc) is 3.32. The number of pyridine rings is 1. The first-order valence-corrected chi connectivity index (χ1v) is 12.9. The number of nitrogen functional groups attached to an aromatic ring is 1. The number of fused-ring (bicyclic) bond motifs is 2. The van der Waals surface area contributed by atoms with Gasteiger partial charge in [-0.25, -0.2) is 4.98 Å². The number of rotatable bonds is 7. The monoisotopic (exact) mass is 551 g/mol. The number of likely N-dealkylation sites (tertiary alicyclic amines) is 1. The largest absolute Gasteiger partial charge is 0.384 e. The van der Waals surface area contributed by atoms with Crippen LogP contribution in [0.1, 0.15) is 30.5 Å². The highest BCUT2D eigenvalue weighted by molar-refractivity contribution is 9.10. The second-order valence-electron chi connectivity index (χ2n) is 9.25. The lowest BCUT2D eigenvalue weighted by atomic mass is 10.0. The summed E-state index contributed by atoms with van der Waals surface area (Å²) in [5.74, 6) is 0.663. The molecule has 0 bridgehead atoms. The number of methoxy groups -OCH3 is 1. The maximum absolute atomic E-state index is 12.2. The fraction of sp³-hybridized carbons (Fsp3) is 0.385. The molecule has 0 spiro atoms. The number of piperidine rings is 1. The molecule has 188 valence electrons. The molecular formula is C26H30BrN7O2. The number of ether oxygens (including phenoxy) is 1. The molecule has 10 heteroatoms. The molecule has 1 aromatic carbocycles. The molecule has 0 saturated carbocycles. The molecule has 1 aliphatic heterocycles. The molecule has 1 fully saturated rings. The van der Waals surface area contributed by atoms with Crippen LogP contribution in [0, 0.1) is 6.92 Å². The molecule has 1 amide bonds. The number of carbonyl (C=O) groups is 1. The molecule has 0 radical (unpaired) electrons. The standard InChI is InChI=1S/C26H30BrN7O2/c1-16-3-4-21-17(11-16)12-18(13-30-21)20-14-31-34-25(28)24(27)22(32-26(20)34)15-29-19-5-8-33(9-6-19)23(35)7-10-36-2/h3-4,11-14,19,29H,5-10,15,28H2,1-2H3. The molecular weight excluding hydrogens is 522 g/mol. The molecule has 4 heterocycles. The van der Waals surface area contributed by atoms with Gasteiger partial charge in [0.15, 0.2) is 5.65 Å². The van der Waals surface area contributed by atoms with Crippen LogP contribution in [0.5, 0.6) is 0 Å². The van der Waals surface area contributed by atoms with Gasteiger partial charge < -0.3 is 20.7 Å². The van der Waals surface area contributed by atoms with E-state index in [9.17, 15) is 4.79 Å². The number of nitrogens with one attached hydrogen (secondary N) is 1. The van der Waals surface area contributed by atoms with Crippen LogP contribution < -0.4 is 11.1 Å². The number of hydrogen-bond donors (Lipinski definition) is 2. The van der Waals surface area contributed by atoms with Crippen LogP contribution in [0.25, 0.3) is 27.7 Å². The molecule has 36 heavy (non-hydrogen) atoms. The van der Waals surface area contributed by atoms with Crippen molar-refractivity contribution in [1.82, 2.24) is 29.8 Å². The number of amides is 1. The first kappa shape index (κ1) is 24.6. The van der Waals surface area contributed by atoms with E-state index in [1.54, 1.807) is 17.8 Å². The van der Waals surface area contributed by atoms with E-state index in [2.05, 4.69) is 56.5 Å². The van der Waals surface area contributed by atoms with Gasteiger partial charge in [-0.3, -0.25) is 9.78 Å². The third-order valence-corrected chi connectivity index (χ3v) is 7.63. The summed E-state index contributed by atoms with van der Waals surface area (Å²) in [6.07, 6.45) is 5.87. The van der Waals surface area contributed by atoms with Crippen molar-refractivity contribution in [3.8, 4) is 11.1 Å². The van der Waals surface area contributed by atoms with Gasteiger partial charge in [0.1, 0.15) is 5.82 Å². The Bertz CT molecular complexity index is 1410. The molecule has 1 saturated heterocycles. The Morgan fingerprint density at radius 1 is 1.25 bits per heavy atom.